The van der Waals surface area contributed by atoms with Crippen LogP contribution in [0, 0.1) is 0 Å². The van der Waals surface area contributed by atoms with Gasteiger partial charge in [0.15, 0.2) is 0 Å². The molecular formula is C19H26N4O. The summed E-state index contributed by atoms with van der Waals surface area (Å²) in [5.74, 6) is 1.01. The van der Waals surface area contributed by atoms with Crippen molar-refractivity contribution in [1.29, 1.82) is 0 Å². The maximum absolute atomic E-state index is 5.96. The van der Waals surface area contributed by atoms with Gasteiger partial charge in [0.05, 0.1) is 18.4 Å². The number of hydrogen-bond donors (Lipinski definition) is 0. The van der Waals surface area contributed by atoms with Crippen molar-refractivity contribution in [3.05, 3.63) is 54.0 Å². The molecule has 3 heterocycles. The number of aromatic nitrogens is 2. The number of morpholine rings is 1. The fraction of sp³-hybridized carbons (Fsp3) is 0.474. The largest absolute Gasteiger partial charge is 0.376 e. The van der Waals surface area contributed by atoms with Gasteiger partial charge >= 0.3 is 0 Å². The van der Waals surface area contributed by atoms with Crippen LogP contribution in [-0.2, 0) is 17.7 Å². The third-order valence-electron chi connectivity index (χ3n) is 4.36. The van der Waals surface area contributed by atoms with Crippen LogP contribution >= 0.6 is 0 Å². The van der Waals surface area contributed by atoms with Crippen molar-refractivity contribution in [2.75, 3.05) is 38.7 Å². The highest BCUT2D eigenvalue weighted by atomic mass is 16.5. The van der Waals surface area contributed by atoms with E-state index >= 15 is 0 Å². The zero-order valence-corrected chi connectivity index (χ0v) is 14.6. The van der Waals surface area contributed by atoms with Crippen molar-refractivity contribution in [3.63, 3.8) is 0 Å². The van der Waals surface area contributed by atoms with Gasteiger partial charge in [-0.1, -0.05) is 6.07 Å². The van der Waals surface area contributed by atoms with Gasteiger partial charge in [-0.05, 0) is 42.7 Å². The zero-order chi connectivity index (χ0) is 16.8. The standard InChI is InChI=1S/C19H26N4O/c1-22(2)19-13-16(8-10-21-19)6-7-18-15-23(11-12-24-18)14-17-5-3-4-9-20-17/h3-5,8-10,13,18H,6-7,11-12,14-15H2,1-2H3/t18-/m0/s1. The van der Waals surface area contributed by atoms with E-state index in [0.717, 1.165) is 50.6 Å². The minimum atomic E-state index is 0.290. The number of pyridine rings is 2. The second kappa shape index (κ2) is 8.22. The highest BCUT2D eigenvalue weighted by molar-refractivity contribution is 5.39. The van der Waals surface area contributed by atoms with Gasteiger partial charge < -0.3 is 9.64 Å². The number of anilines is 1. The summed E-state index contributed by atoms with van der Waals surface area (Å²) in [6, 6.07) is 10.4. The Balaban J connectivity index is 1.51. The van der Waals surface area contributed by atoms with E-state index in [-0.39, 0.29) is 0 Å². The fourth-order valence-corrected chi connectivity index (χ4v) is 3.01. The molecule has 1 aliphatic rings. The molecule has 24 heavy (non-hydrogen) atoms. The number of aryl methyl sites for hydroxylation is 1. The van der Waals surface area contributed by atoms with Gasteiger partial charge in [0, 0.05) is 46.1 Å². The maximum atomic E-state index is 5.96. The molecule has 2 aromatic heterocycles. The Hall–Kier alpha value is -1.98. The average Bonchev–Trinajstić information content (AvgIpc) is 2.61. The quantitative estimate of drug-likeness (QED) is 0.815. The molecule has 0 spiro atoms. The van der Waals surface area contributed by atoms with Crippen molar-refractivity contribution in [3.8, 4) is 0 Å². The molecule has 0 saturated carbocycles. The summed E-state index contributed by atoms with van der Waals surface area (Å²) in [6.45, 7) is 3.66. The lowest BCUT2D eigenvalue weighted by Gasteiger charge is -2.32. The first-order valence-corrected chi connectivity index (χ1v) is 8.57. The molecule has 2 aromatic rings. The number of ether oxygens (including phenoxy) is 1. The number of rotatable bonds is 6. The van der Waals surface area contributed by atoms with E-state index < -0.39 is 0 Å². The molecule has 1 atom stereocenters. The summed E-state index contributed by atoms with van der Waals surface area (Å²) in [5, 5.41) is 0. The summed E-state index contributed by atoms with van der Waals surface area (Å²) in [7, 11) is 4.04. The molecule has 0 bridgehead atoms. The Kier molecular flexibility index (Phi) is 5.77. The Morgan fingerprint density at radius 1 is 1.21 bits per heavy atom. The molecule has 3 rings (SSSR count). The molecule has 0 N–H and O–H groups in total. The highest BCUT2D eigenvalue weighted by Gasteiger charge is 2.20. The topological polar surface area (TPSA) is 41.5 Å². The van der Waals surface area contributed by atoms with Crippen LogP contribution < -0.4 is 4.90 Å². The molecular weight excluding hydrogens is 300 g/mol. The van der Waals surface area contributed by atoms with Gasteiger partial charge in [-0.3, -0.25) is 9.88 Å². The van der Waals surface area contributed by atoms with Crippen LogP contribution in [0.25, 0.3) is 0 Å². The normalized spacial score (nSPS) is 18.5. The Bertz CT molecular complexity index is 632. The van der Waals surface area contributed by atoms with Gasteiger partial charge in [-0.2, -0.15) is 0 Å². The summed E-state index contributed by atoms with van der Waals surface area (Å²) in [4.78, 5) is 13.3. The van der Waals surface area contributed by atoms with E-state index in [1.807, 2.05) is 43.5 Å². The van der Waals surface area contributed by atoms with E-state index in [1.165, 1.54) is 5.56 Å². The third kappa shape index (κ3) is 4.76. The predicted molar refractivity (Wildman–Crippen MR) is 96.1 cm³/mol. The number of nitrogens with zero attached hydrogens (tertiary/aromatic N) is 4. The highest BCUT2D eigenvalue weighted by Crippen LogP contribution is 2.16. The first-order valence-electron chi connectivity index (χ1n) is 8.57. The van der Waals surface area contributed by atoms with Crippen molar-refractivity contribution < 1.29 is 4.74 Å². The summed E-state index contributed by atoms with van der Waals surface area (Å²) >= 11 is 0. The molecule has 0 aromatic carbocycles. The van der Waals surface area contributed by atoms with Crippen molar-refractivity contribution >= 4 is 5.82 Å². The van der Waals surface area contributed by atoms with Gasteiger partial charge in [0.2, 0.25) is 0 Å². The lowest BCUT2D eigenvalue weighted by atomic mass is 10.1. The SMILES string of the molecule is CN(C)c1cc(CC[C@H]2CN(Cc3ccccn3)CCO2)ccn1. The van der Waals surface area contributed by atoms with Gasteiger partial charge in [-0.15, -0.1) is 0 Å². The minimum Gasteiger partial charge on any atom is -0.376 e. The van der Waals surface area contributed by atoms with Crippen molar-refractivity contribution in [2.24, 2.45) is 0 Å². The Labute approximate surface area is 144 Å². The maximum Gasteiger partial charge on any atom is 0.128 e. The molecule has 5 heteroatoms. The molecule has 1 aliphatic heterocycles. The molecule has 1 saturated heterocycles. The molecule has 128 valence electrons. The van der Waals surface area contributed by atoms with Gasteiger partial charge in [-0.25, -0.2) is 4.98 Å². The van der Waals surface area contributed by atoms with E-state index in [0.29, 0.717) is 6.10 Å². The van der Waals surface area contributed by atoms with E-state index in [4.69, 9.17) is 4.74 Å². The molecule has 1 fully saturated rings. The zero-order valence-electron chi connectivity index (χ0n) is 14.6. The van der Waals surface area contributed by atoms with Crippen molar-refractivity contribution in [2.45, 2.75) is 25.5 Å². The van der Waals surface area contributed by atoms with Crippen LogP contribution in [0.2, 0.25) is 0 Å². The molecule has 0 radical (unpaired) electrons. The molecule has 0 aliphatic carbocycles. The lowest BCUT2D eigenvalue weighted by Crippen LogP contribution is -2.42. The van der Waals surface area contributed by atoms with Crippen LogP contribution in [0.4, 0.5) is 5.82 Å². The first-order chi connectivity index (χ1) is 11.7. The van der Waals surface area contributed by atoms with Crippen molar-refractivity contribution in [1.82, 2.24) is 14.9 Å². The van der Waals surface area contributed by atoms with E-state index in [9.17, 15) is 0 Å². The first kappa shape index (κ1) is 16.9. The molecule has 0 amide bonds. The van der Waals surface area contributed by atoms with Gasteiger partial charge in [0.25, 0.3) is 0 Å². The van der Waals surface area contributed by atoms with Crippen LogP contribution in [0.1, 0.15) is 17.7 Å². The predicted octanol–water partition coefficient (Wildman–Crippen LogP) is 2.38. The summed E-state index contributed by atoms with van der Waals surface area (Å²) < 4.78 is 5.96. The fourth-order valence-electron chi connectivity index (χ4n) is 3.01. The second-order valence-corrected chi connectivity index (χ2v) is 6.50. The van der Waals surface area contributed by atoms with Crippen LogP contribution in [0.5, 0.6) is 0 Å². The van der Waals surface area contributed by atoms with Gasteiger partial charge in [0.1, 0.15) is 5.82 Å². The van der Waals surface area contributed by atoms with Crippen LogP contribution in [-0.4, -0.2) is 54.8 Å². The third-order valence-corrected chi connectivity index (χ3v) is 4.36. The van der Waals surface area contributed by atoms with Crippen LogP contribution in [0.15, 0.2) is 42.7 Å². The Morgan fingerprint density at radius 2 is 2.12 bits per heavy atom. The van der Waals surface area contributed by atoms with Crippen LogP contribution in [0.3, 0.4) is 0 Å². The average molecular weight is 326 g/mol. The smallest absolute Gasteiger partial charge is 0.128 e. The van der Waals surface area contributed by atoms with E-state index in [1.54, 1.807) is 0 Å². The number of hydrogen-bond acceptors (Lipinski definition) is 5. The van der Waals surface area contributed by atoms with E-state index in [2.05, 4.69) is 33.1 Å². The molecule has 5 nitrogen and oxygen atoms in total. The monoisotopic (exact) mass is 326 g/mol. The molecule has 0 unspecified atom stereocenters. The minimum absolute atomic E-state index is 0.290. The lowest BCUT2D eigenvalue weighted by molar-refractivity contribution is -0.0349. The summed E-state index contributed by atoms with van der Waals surface area (Å²) in [6.07, 6.45) is 6.10. The Morgan fingerprint density at radius 3 is 2.92 bits per heavy atom. The summed E-state index contributed by atoms with van der Waals surface area (Å²) in [5.41, 5.74) is 2.45. The second-order valence-electron chi connectivity index (χ2n) is 6.50.